The van der Waals surface area contributed by atoms with Crippen LogP contribution in [0.1, 0.15) is 49.0 Å². The second-order valence-electron chi connectivity index (χ2n) is 8.01. The van der Waals surface area contributed by atoms with Crippen molar-refractivity contribution < 1.29 is 19.1 Å². The Morgan fingerprint density at radius 1 is 0.633 bits per heavy atom. The summed E-state index contributed by atoms with van der Waals surface area (Å²) in [6.07, 6.45) is 2.15. The van der Waals surface area contributed by atoms with Crippen molar-refractivity contribution in [1.29, 1.82) is 0 Å². The van der Waals surface area contributed by atoms with Crippen LogP contribution in [0.5, 0.6) is 0 Å². The van der Waals surface area contributed by atoms with Gasteiger partial charge >= 0.3 is 0 Å². The molecule has 5 rings (SSSR count). The van der Waals surface area contributed by atoms with Gasteiger partial charge < -0.3 is 19.3 Å². The average molecular weight is 406 g/mol. The van der Waals surface area contributed by atoms with E-state index in [1.807, 2.05) is 58.3 Å². The second kappa shape index (κ2) is 8.20. The van der Waals surface area contributed by atoms with Gasteiger partial charge in [-0.15, -0.1) is 0 Å². The Morgan fingerprint density at radius 2 is 1.07 bits per heavy atom. The molecule has 3 aliphatic rings. The Morgan fingerprint density at radius 3 is 1.53 bits per heavy atom. The van der Waals surface area contributed by atoms with Crippen LogP contribution < -0.4 is 9.80 Å². The molecule has 0 radical (unpaired) electrons. The number of para-hydroxylation sites is 2. The van der Waals surface area contributed by atoms with Crippen LogP contribution in [0.2, 0.25) is 0 Å². The summed E-state index contributed by atoms with van der Waals surface area (Å²) in [4.78, 5) is 29.7. The van der Waals surface area contributed by atoms with E-state index in [1.54, 1.807) is 0 Å². The van der Waals surface area contributed by atoms with Gasteiger partial charge in [0.2, 0.25) is 0 Å². The maximum Gasteiger partial charge on any atom is 0.260 e. The fraction of sp³-hybridized carbons (Fsp3) is 0.417. The summed E-state index contributed by atoms with van der Waals surface area (Å²) in [6.45, 7) is 2.23. The van der Waals surface area contributed by atoms with E-state index in [0.717, 1.165) is 48.2 Å². The van der Waals surface area contributed by atoms with Crippen LogP contribution in [0.15, 0.2) is 48.5 Å². The van der Waals surface area contributed by atoms with Gasteiger partial charge in [-0.3, -0.25) is 9.59 Å². The topological polar surface area (TPSA) is 59.1 Å². The molecule has 6 heteroatoms. The van der Waals surface area contributed by atoms with Crippen molar-refractivity contribution in [3.63, 3.8) is 0 Å². The van der Waals surface area contributed by atoms with Gasteiger partial charge in [-0.2, -0.15) is 0 Å². The molecular weight excluding hydrogens is 380 g/mol. The third-order valence-electron chi connectivity index (χ3n) is 6.12. The first-order valence-corrected chi connectivity index (χ1v) is 10.8. The van der Waals surface area contributed by atoms with E-state index in [9.17, 15) is 9.59 Å². The Kier molecular flexibility index (Phi) is 5.27. The maximum absolute atomic E-state index is 13.0. The monoisotopic (exact) mass is 406 g/mol. The van der Waals surface area contributed by atoms with Gasteiger partial charge in [0.05, 0.1) is 11.4 Å². The van der Waals surface area contributed by atoms with Crippen LogP contribution >= 0.6 is 0 Å². The Balaban J connectivity index is 1.37. The predicted molar refractivity (Wildman–Crippen MR) is 113 cm³/mol. The van der Waals surface area contributed by atoms with Crippen molar-refractivity contribution in [2.75, 3.05) is 36.1 Å². The highest BCUT2D eigenvalue weighted by Crippen LogP contribution is 2.40. The standard InChI is InChI=1S/C24H26N2O4/c27-23-21-17-9-1-3-11-19(17)25(23)13-5-6-14-26-20-12-4-2-10-18(20)22(24(26)28)30-16-8-7-15-29-21/h1-4,9-12,21-22H,5-8,13-16H2/t21-,22-/m0/s1. The number of hydrogen-bond donors (Lipinski definition) is 0. The van der Waals surface area contributed by atoms with Crippen LogP contribution in [0.25, 0.3) is 0 Å². The van der Waals surface area contributed by atoms with Gasteiger partial charge in [0.25, 0.3) is 11.8 Å². The number of ether oxygens (including phenoxy) is 2. The zero-order chi connectivity index (χ0) is 20.5. The number of fused-ring (bicyclic) bond motifs is 10. The van der Waals surface area contributed by atoms with Gasteiger partial charge in [-0.05, 0) is 37.8 Å². The van der Waals surface area contributed by atoms with E-state index >= 15 is 0 Å². The first-order chi connectivity index (χ1) is 14.8. The fourth-order valence-corrected chi connectivity index (χ4v) is 4.63. The maximum atomic E-state index is 13.0. The van der Waals surface area contributed by atoms with Gasteiger partial charge in [0, 0.05) is 37.4 Å². The number of rotatable bonds is 0. The molecule has 3 heterocycles. The first kappa shape index (κ1) is 19.3. The largest absolute Gasteiger partial charge is 0.364 e. The number of hydrogen-bond acceptors (Lipinski definition) is 4. The summed E-state index contributed by atoms with van der Waals surface area (Å²) in [5, 5.41) is 0. The quantitative estimate of drug-likeness (QED) is 0.668. The van der Waals surface area contributed by atoms with Gasteiger partial charge in [-0.25, -0.2) is 0 Å². The molecule has 0 spiro atoms. The lowest BCUT2D eigenvalue weighted by atomic mass is 10.1. The van der Waals surface area contributed by atoms with E-state index in [2.05, 4.69) is 0 Å². The molecule has 3 aliphatic heterocycles. The second-order valence-corrected chi connectivity index (χ2v) is 8.01. The third-order valence-corrected chi connectivity index (χ3v) is 6.12. The molecular formula is C24H26N2O4. The summed E-state index contributed by atoms with van der Waals surface area (Å²) < 4.78 is 12.0. The SMILES string of the molecule is O=C1[C@H]2OCCCCO[C@@H]3C(=O)N(CCCCN1c1ccccc12)c1ccccc13. The van der Waals surface area contributed by atoms with Crippen molar-refractivity contribution in [3.05, 3.63) is 59.7 Å². The molecule has 0 unspecified atom stereocenters. The van der Waals surface area contributed by atoms with Crippen molar-refractivity contribution in [1.82, 2.24) is 0 Å². The van der Waals surface area contributed by atoms with Gasteiger partial charge in [0.15, 0.2) is 12.2 Å². The van der Waals surface area contributed by atoms with Gasteiger partial charge in [0.1, 0.15) is 0 Å². The molecule has 0 saturated carbocycles. The molecule has 0 aromatic heterocycles. The van der Waals surface area contributed by atoms with Crippen LogP contribution in [0, 0.1) is 0 Å². The highest BCUT2D eigenvalue weighted by Gasteiger charge is 2.39. The zero-order valence-electron chi connectivity index (χ0n) is 17.0. The summed E-state index contributed by atoms with van der Waals surface area (Å²) in [6, 6.07) is 15.8. The summed E-state index contributed by atoms with van der Waals surface area (Å²) in [7, 11) is 0. The molecule has 4 bridgehead atoms. The summed E-state index contributed by atoms with van der Waals surface area (Å²) >= 11 is 0. The van der Waals surface area contributed by atoms with E-state index < -0.39 is 12.2 Å². The number of anilines is 2. The van der Waals surface area contributed by atoms with E-state index in [0.29, 0.717) is 26.3 Å². The Bertz CT molecular complexity index is 882. The molecule has 2 aromatic carbocycles. The average Bonchev–Trinajstić information content (AvgIpc) is 3.19. The number of amides is 2. The van der Waals surface area contributed by atoms with E-state index in [1.165, 1.54) is 0 Å². The van der Waals surface area contributed by atoms with Crippen LogP contribution in [-0.2, 0) is 19.1 Å². The lowest BCUT2D eigenvalue weighted by Crippen LogP contribution is -2.33. The first-order valence-electron chi connectivity index (χ1n) is 10.8. The van der Waals surface area contributed by atoms with Gasteiger partial charge in [-0.1, -0.05) is 36.4 Å². The molecule has 2 atom stereocenters. The lowest BCUT2D eigenvalue weighted by molar-refractivity contribution is -0.131. The van der Waals surface area contributed by atoms with Crippen LogP contribution in [-0.4, -0.2) is 38.1 Å². The molecule has 6 nitrogen and oxygen atoms in total. The highest BCUT2D eigenvalue weighted by molar-refractivity contribution is 6.04. The minimum absolute atomic E-state index is 0.0159. The minimum Gasteiger partial charge on any atom is -0.364 e. The van der Waals surface area contributed by atoms with Crippen molar-refractivity contribution in [2.45, 2.75) is 37.9 Å². The van der Waals surface area contributed by atoms with Crippen LogP contribution in [0.3, 0.4) is 0 Å². The van der Waals surface area contributed by atoms with Crippen LogP contribution in [0.4, 0.5) is 11.4 Å². The number of carbonyl (C=O) groups is 2. The van der Waals surface area contributed by atoms with E-state index in [4.69, 9.17) is 9.47 Å². The number of benzene rings is 2. The van der Waals surface area contributed by atoms with E-state index in [-0.39, 0.29) is 11.8 Å². The number of nitrogens with zero attached hydrogens (tertiary/aromatic N) is 2. The summed E-state index contributed by atoms with van der Waals surface area (Å²) in [5.74, 6) is 0.0319. The molecule has 0 aliphatic carbocycles. The fourth-order valence-electron chi connectivity index (χ4n) is 4.63. The van der Waals surface area contributed by atoms with Crippen molar-refractivity contribution >= 4 is 23.2 Å². The number of carbonyl (C=O) groups excluding carboxylic acids is 2. The Hall–Kier alpha value is -2.70. The highest BCUT2D eigenvalue weighted by atomic mass is 16.5. The molecule has 2 aromatic rings. The molecule has 1 saturated heterocycles. The van der Waals surface area contributed by atoms with Crippen molar-refractivity contribution in [3.8, 4) is 0 Å². The molecule has 156 valence electrons. The lowest BCUT2D eigenvalue weighted by Gasteiger charge is -2.21. The minimum atomic E-state index is -0.513. The molecule has 1 fully saturated rings. The Labute approximate surface area is 176 Å². The predicted octanol–water partition coefficient (Wildman–Crippen LogP) is 3.77. The summed E-state index contributed by atoms with van der Waals surface area (Å²) in [5.41, 5.74) is 3.80. The normalized spacial score (nSPS) is 24.7. The third kappa shape index (κ3) is 3.30. The smallest absolute Gasteiger partial charge is 0.260 e. The van der Waals surface area contributed by atoms with Crippen molar-refractivity contribution in [2.24, 2.45) is 0 Å². The molecule has 30 heavy (non-hydrogen) atoms. The molecule has 0 N–H and O–H groups in total. The molecule has 2 amide bonds. The zero-order valence-corrected chi connectivity index (χ0v) is 17.0.